The number of carbonyl (C=O) groups excluding carboxylic acids is 1. The summed E-state index contributed by atoms with van der Waals surface area (Å²) in [6.45, 7) is 3.88. The smallest absolute Gasteiger partial charge is 0.251 e. The Morgan fingerprint density at radius 2 is 2.15 bits per heavy atom. The molecule has 2 unspecified atom stereocenters. The van der Waals surface area contributed by atoms with Crippen LogP contribution in [0.5, 0.6) is 5.75 Å². The maximum absolute atomic E-state index is 12.1. The Kier molecular flexibility index (Phi) is 7.38. The number of carbonyl (C=O) groups is 1. The van der Waals surface area contributed by atoms with Gasteiger partial charge in [0.15, 0.2) is 6.61 Å². The number of nitrogens with one attached hydrogen (secondary N) is 2. The minimum absolute atomic E-state index is 0. The first-order valence-electron chi connectivity index (χ1n) is 8.37. The number of hydrogen-bond acceptors (Lipinski definition) is 7. The van der Waals surface area contributed by atoms with E-state index in [0.29, 0.717) is 49.1 Å². The van der Waals surface area contributed by atoms with Crippen molar-refractivity contribution < 1.29 is 19.2 Å². The van der Waals surface area contributed by atoms with E-state index in [0.717, 1.165) is 0 Å². The van der Waals surface area contributed by atoms with Crippen molar-refractivity contribution in [1.82, 2.24) is 20.8 Å². The maximum Gasteiger partial charge on any atom is 0.251 e. The first-order valence-corrected chi connectivity index (χ1v) is 8.37. The Balaban J connectivity index is 0.00000243. The van der Waals surface area contributed by atoms with Crippen LogP contribution in [-0.4, -0.2) is 46.9 Å². The van der Waals surface area contributed by atoms with Crippen molar-refractivity contribution in [2.24, 2.45) is 5.92 Å². The predicted molar refractivity (Wildman–Crippen MR) is 96.4 cm³/mol. The number of aliphatic hydroxyl groups is 1. The largest absolute Gasteiger partial charge is 0.485 e. The first kappa shape index (κ1) is 20.2. The molecule has 26 heavy (non-hydrogen) atoms. The quantitative estimate of drug-likeness (QED) is 0.653. The van der Waals surface area contributed by atoms with Crippen molar-refractivity contribution in [2.45, 2.75) is 26.1 Å². The van der Waals surface area contributed by atoms with Gasteiger partial charge in [0.1, 0.15) is 5.75 Å². The highest BCUT2D eigenvalue weighted by Crippen LogP contribution is 2.14. The molecule has 8 nitrogen and oxygen atoms in total. The molecule has 1 aromatic heterocycles. The van der Waals surface area contributed by atoms with Crippen LogP contribution in [0.15, 0.2) is 28.8 Å². The summed E-state index contributed by atoms with van der Waals surface area (Å²) in [7, 11) is 0. The minimum Gasteiger partial charge on any atom is -0.485 e. The highest BCUT2D eigenvalue weighted by molar-refractivity contribution is 5.94. The fourth-order valence-corrected chi connectivity index (χ4v) is 2.60. The van der Waals surface area contributed by atoms with Gasteiger partial charge in [-0.05, 0) is 24.3 Å². The molecule has 1 aliphatic heterocycles. The van der Waals surface area contributed by atoms with Crippen LogP contribution in [0.1, 0.15) is 29.0 Å². The van der Waals surface area contributed by atoms with E-state index in [-0.39, 0.29) is 30.8 Å². The predicted octanol–water partition coefficient (Wildman–Crippen LogP) is 0.943. The molecule has 9 heteroatoms. The number of amides is 1. The summed E-state index contributed by atoms with van der Waals surface area (Å²) in [4.78, 5) is 16.3. The van der Waals surface area contributed by atoms with Crippen molar-refractivity contribution in [3.63, 3.8) is 0 Å². The van der Waals surface area contributed by atoms with Gasteiger partial charge in [-0.1, -0.05) is 12.1 Å². The summed E-state index contributed by atoms with van der Waals surface area (Å²) in [6, 6.07) is 6.84. The topological polar surface area (TPSA) is 110 Å². The van der Waals surface area contributed by atoms with Gasteiger partial charge in [-0.15, -0.1) is 12.4 Å². The van der Waals surface area contributed by atoms with Crippen LogP contribution in [0, 0.1) is 5.92 Å². The van der Waals surface area contributed by atoms with Crippen LogP contribution in [-0.2, 0) is 13.0 Å². The Morgan fingerprint density at radius 3 is 2.77 bits per heavy atom. The van der Waals surface area contributed by atoms with E-state index >= 15 is 0 Å². The number of aryl methyl sites for hydroxylation is 1. The maximum atomic E-state index is 12.1. The van der Waals surface area contributed by atoms with Crippen LogP contribution in [0.25, 0.3) is 0 Å². The molecule has 2 aromatic rings. The third-order valence-electron chi connectivity index (χ3n) is 4.13. The Labute approximate surface area is 157 Å². The molecule has 0 bridgehead atoms. The van der Waals surface area contributed by atoms with Crippen LogP contribution >= 0.6 is 12.4 Å². The zero-order valence-electron chi connectivity index (χ0n) is 14.5. The molecule has 0 radical (unpaired) electrons. The molecule has 0 spiro atoms. The molecule has 2 heterocycles. The summed E-state index contributed by atoms with van der Waals surface area (Å²) in [5, 5.41) is 19.5. The van der Waals surface area contributed by atoms with Gasteiger partial charge in [0.25, 0.3) is 5.91 Å². The lowest BCUT2D eigenvalue weighted by atomic mass is 10.1. The number of hydrogen-bond donors (Lipinski definition) is 3. The highest BCUT2D eigenvalue weighted by atomic mass is 35.5. The van der Waals surface area contributed by atoms with Gasteiger partial charge >= 0.3 is 0 Å². The summed E-state index contributed by atoms with van der Waals surface area (Å²) in [5.74, 6) is 1.57. The monoisotopic (exact) mass is 382 g/mol. The molecule has 0 aliphatic carbocycles. The fourth-order valence-electron chi connectivity index (χ4n) is 2.60. The second-order valence-electron chi connectivity index (χ2n) is 5.97. The van der Waals surface area contributed by atoms with E-state index in [9.17, 15) is 9.90 Å². The van der Waals surface area contributed by atoms with Crippen LogP contribution in [0.4, 0.5) is 0 Å². The second-order valence-corrected chi connectivity index (χ2v) is 5.97. The molecule has 142 valence electrons. The lowest BCUT2D eigenvalue weighted by Gasteiger charge is -2.14. The molecular weight excluding hydrogens is 360 g/mol. The number of benzene rings is 1. The number of halogens is 1. The Hall–Kier alpha value is -2.16. The summed E-state index contributed by atoms with van der Waals surface area (Å²) in [5.41, 5.74) is 0.542. The second kappa shape index (κ2) is 9.51. The standard InChI is InChI=1S/C17H22N4O4.ClH/c1-2-16-20-15(21-25-16)10-24-13-5-3-11(4-6-13)17(23)19-8-12-7-18-9-14(12)22;/h3-6,12,14,18,22H,2,7-10H2,1H3,(H,19,23);1H. The number of nitrogens with zero attached hydrogens (tertiary/aromatic N) is 2. The zero-order valence-corrected chi connectivity index (χ0v) is 15.3. The SMILES string of the molecule is CCc1nc(COc2ccc(C(=O)NCC3CNCC3O)cc2)no1.Cl. The zero-order chi connectivity index (χ0) is 17.6. The van der Waals surface area contributed by atoms with E-state index < -0.39 is 6.10 Å². The van der Waals surface area contributed by atoms with Crippen LogP contribution in [0.3, 0.4) is 0 Å². The molecule has 2 atom stereocenters. The van der Waals surface area contributed by atoms with E-state index in [2.05, 4.69) is 20.8 Å². The number of ether oxygens (including phenoxy) is 1. The number of aliphatic hydroxyl groups excluding tert-OH is 1. The van der Waals surface area contributed by atoms with Crippen molar-refractivity contribution >= 4 is 18.3 Å². The Bertz CT molecular complexity index is 707. The van der Waals surface area contributed by atoms with Gasteiger partial charge in [0, 0.05) is 37.5 Å². The molecule has 1 saturated heterocycles. The number of β-amino-alcohol motifs (C(OH)–C–C–N with tert-alkyl or cyclic N) is 1. The summed E-state index contributed by atoms with van der Waals surface area (Å²) in [6.07, 6.45) is 0.277. The van der Waals surface area contributed by atoms with Gasteiger partial charge in [-0.2, -0.15) is 4.98 Å². The third-order valence-corrected chi connectivity index (χ3v) is 4.13. The molecule has 1 aromatic carbocycles. The van der Waals surface area contributed by atoms with E-state index in [1.807, 2.05) is 6.92 Å². The lowest BCUT2D eigenvalue weighted by molar-refractivity contribution is 0.0927. The van der Waals surface area contributed by atoms with E-state index in [1.165, 1.54) is 0 Å². The minimum atomic E-state index is -0.408. The van der Waals surface area contributed by atoms with Crippen molar-refractivity contribution in [3.05, 3.63) is 41.5 Å². The van der Waals surface area contributed by atoms with Gasteiger partial charge in [-0.25, -0.2) is 0 Å². The first-order chi connectivity index (χ1) is 12.2. The van der Waals surface area contributed by atoms with Gasteiger partial charge in [0.2, 0.25) is 11.7 Å². The van der Waals surface area contributed by atoms with Gasteiger partial charge < -0.3 is 25.0 Å². The molecule has 0 saturated carbocycles. The Morgan fingerprint density at radius 1 is 1.38 bits per heavy atom. The molecule has 1 aliphatic rings. The van der Waals surface area contributed by atoms with Gasteiger partial charge in [-0.3, -0.25) is 4.79 Å². The number of rotatable bonds is 7. The van der Waals surface area contributed by atoms with Crippen LogP contribution in [0.2, 0.25) is 0 Å². The highest BCUT2D eigenvalue weighted by Gasteiger charge is 2.25. The third kappa shape index (κ3) is 5.17. The van der Waals surface area contributed by atoms with Crippen molar-refractivity contribution in [2.75, 3.05) is 19.6 Å². The van der Waals surface area contributed by atoms with Gasteiger partial charge in [0.05, 0.1) is 6.10 Å². The van der Waals surface area contributed by atoms with E-state index in [4.69, 9.17) is 9.26 Å². The molecule has 1 fully saturated rings. The summed E-state index contributed by atoms with van der Waals surface area (Å²) >= 11 is 0. The average molecular weight is 383 g/mol. The average Bonchev–Trinajstić information content (AvgIpc) is 3.27. The van der Waals surface area contributed by atoms with Crippen LogP contribution < -0.4 is 15.4 Å². The molecule has 1 amide bonds. The van der Waals surface area contributed by atoms with Crippen molar-refractivity contribution in [1.29, 1.82) is 0 Å². The number of aromatic nitrogens is 2. The fraction of sp³-hybridized carbons (Fsp3) is 0.471. The molecular formula is C17H23ClN4O4. The molecule has 3 rings (SSSR count). The summed E-state index contributed by atoms with van der Waals surface area (Å²) < 4.78 is 10.6. The molecule has 3 N–H and O–H groups in total. The van der Waals surface area contributed by atoms with E-state index in [1.54, 1.807) is 24.3 Å². The van der Waals surface area contributed by atoms with Crippen molar-refractivity contribution in [3.8, 4) is 5.75 Å². The normalized spacial score (nSPS) is 19.0. The lowest BCUT2D eigenvalue weighted by Crippen LogP contribution is -2.34.